The molecular weight excluding hydrogens is 238 g/mol. The minimum atomic E-state index is -0.831. The number of aryl methyl sites for hydroxylation is 1. The molecule has 1 N–H and O–H groups in total. The van der Waals surface area contributed by atoms with Gasteiger partial charge in [0.1, 0.15) is 0 Å². The third-order valence-corrected chi connectivity index (χ3v) is 4.12. The van der Waals surface area contributed by atoms with Gasteiger partial charge in [0.25, 0.3) is 0 Å². The van der Waals surface area contributed by atoms with Gasteiger partial charge in [-0.05, 0) is 43.2 Å². The zero-order valence-corrected chi connectivity index (χ0v) is 12.1. The van der Waals surface area contributed by atoms with E-state index in [-0.39, 0.29) is 0 Å². The van der Waals surface area contributed by atoms with E-state index >= 15 is 0 Å². The first-order valence-electron chi connectivity index (χ1n) is 6.98. The van der Waals surface area contributed by atoms with Crippen molar-refractivity contribution in [3.63, 3.8) is 0 Å². The normalized spacial score (nSPS) is 19.0. The van der Waals surface area contributed by atoms with Gasteiger partial charge in [0.2, 0.25) is 0 Å². The van der Waals surface area contributed by atoms with Crippen molar-refractivity contribution in [3.8, 4) is 0 Å². The van der Waals surface area contributed by atoms with Crippen molar-refractivity contribution in [1.82, 2.24) is 0 Å². The second kappa shape index (κ2) is 5.24. The summed E-state index contributed by atoms with van der Waals surface area (Å²) < 4.78 is 0. The van der Waals surface area contributed by atoms with Crippen LogP contribution in [-0.4, -0.2) is 24.2 Å². The average Bonchev–Trinajstić information content (AvgIpc) is 2.50. The monoisotopic (exact) mass is 261 g/mol. The number of nitrogens with zero attached hydrogens (tertiary/aromatic N) is 1. The van der Waals surface area contributed by atoms with E-state index in [2.05, 4.69) is 18.7 Å². The Morgan fingerprint density at radius 3 is 2.68 bits per heavy atom. The molecule has 3 heteroatoms. The lowest BCUT2D eigenvalue weighted by molar-refractivity contribution is 0.0697. The van der Waals surface area contributed by atoms with Gasteiger partial charge in [0.05, 0.1) is 11.3 Å². The maximum Gasteiger partial charge on any atom is 0.337 e. The Morgan fingerprint density at radius 1 is 1.26 bits per heavy atom. The van der Waals surface area contributed by atoms with Crippen LogP contribution < -0.4 is 4.90 Å². The van der Waals surface area contributed by atoms with Crippen molar-refractivity contribution in [2.45, 2.75) is 40.0 Å². The maximum atomic E-state index is 11.4. The van der Waals surface area contributed by atoms with E-state index in [4.69, 9.17) is 0 Å². The standard InChI is InChI=1S/C16H23NO2/c1-12-6-4-7-13(15(18)19)14(12)17-10-5-8-16(2,3)9-11-17/h4,6-7H,5,8-11H2,1-3H3,(H,18,19). The lowest BCUT2D eigenvalue weighted by Gasteiger charge is -2.27. The fourth-order valence-corrected chi connectivity index (χ4v) is 2.90. The molecule has 0 atom stereocenters. The first-order valence-corrected chi connectivity index (χ1v) is 6.98. The molecule has 0 amide bonds. The van der Waals surface area contributed by atoms with Crippen LogP contribution in [0.15, 0.2) is 18.2 Å². The number of aromatic carboxylic acids is 1. The summed E-state index contributed by atoms with van der Waals surface area (Å²) in [5, 5.41) is 9.37. The summed E-state index contributed by atoms with van der Waals surface area (Å²) in [5.41, 5.74) is 2.76. The minimum absolute atomic E-state index is 0.362. The fraction of sp³-hybridized carbons (Fsp3) is 0.562. The molecular formula is C16H23NO2. The maximum absolute atomic E-state index is 11.4. The largest absolute Gasteiger partial charge is 0.478 e. The molecule has 19 heavy (non-hydrogen) atoms. The molecule has 0 spiro atoms. The van der Waals surface area contributed by atoms with Crippen molar-refractivity contribution >= 4 is 11.7 Å². The minimum Gasteiger partial charge on any atom is -0.478 e. The number of para-hydroxylation sites is 1. The number of benzene rings is 1. The summed E-state index contributed by atoms with van der Waals surface area (Å²) in [6.07, 6.45) is 3.44. The predicted molar refractivity (Wildman–Crippen MR) is 78.0 cm³/mol. The SMILES string of the molecule is Cc1cccc(C(=O)O)c1N1CCCC(C)(C)CC1. The summed E-state index contributed by atoms with van der Waals surface area (Å²) in [5.74, 6) is -0.831. The molecule has 0 saturated carbocycles. The highest BCUT2D eigenvalue weighted by Gasteiger charge is 2.25. The molecule has 1 saturated heterocycles. The van der Waals surface area contributed by atoms with E-state index in [1.165, 1.54) is 6.42 Å². The van der Waals surface area contributed by atoms with Gasteiger partial charge in [-0.1, -0.05) is 26.0 Å². The Labute approximate surface area is 115 Å². The van der Waals surface area contributed by atoms with Gasteiger partial charge in [-0.25, -0.2) is 4.79 Å². The molecule has 1 aliphatic rings. The van der Waals surface area contributed by atoms with E-state index in [0.717, 1.165) is 37.2 Å². The second-order valence-corrected chi connectivity index (χ2v) is 6.28. The Kier molecular flexibility index (Phi) is 3.83. The fourth-order valence-electron chi connectivity index (χ4n) is 2.90. The number of hydrogen-bond acceptors (Lipinski definition) is 2. The van der Waals surface area contributed by atoms with Crippen molar-refractivity contribution in [3.05, 3.63) is 29.3 Å². The lowest BCUT2D eigenvalue weighted by atomic mass is 9.85. The molecule has 0 unspecified atom stereocenters. The molecule has 2 rings (SSSR count). The number of carboxylic acid groups (broad SMARTS) is 1. The Bertz CT molecular complexity index is 480. The van der Waals surface area contributed by atoms with E-state index in [1.54, 1.807) is 6.07 Å². The number of rotatable bonds is 2. The van der Waals surface area contributed by atoms with Crippen LogP contribution in [0.1, 0.15) is 49.0 Å². The van der Waals surface area contributed by atoms with Crippen LogP contribution in [-0.2, 0) is 0 Å². The topological polar surface area (TPSA) is 40.5 Å². The van der Waals surface area contributed by atoms with Crippen LogP contribution in [0.5, 0.6) is 0 Å². The molecule has 0 radical (unpaired) electrons. The number of carboxylic acids is 1. The van der Waals surface area contributed by atoms with Gasteiger partial charge in [0.15, 0.2) is 0 Å². The Morgan fingerprint density at radius 2 is 2.00 bits per heavy atom. The molecule has 1 aliphatic heterocycles. The van der Waals surface area contributed by atoms with E-state index in [0.29, 0.717) is 11.0 Å². The van der Waals surface area contributed by atoms with Crippen LogP contribution in [0.2, 0.25) is 0 Å². The molecule has 1 aromatic rings. The zero-order valence-electron chi connectivity index (χ0n) is 12.1. The molecule has 1 fully saturated rings. The van der Waals surface area contributed by atoms with Crippen LogP contribution in [0, 0.1) is 12.3 Å². The average molecular weight is 261 g/mol. The van der Waals surface area contributed by atoms with Crippen molar-refractivity contribution < 1.29 is 9.90 Å². The molecule has 0 bridgehead atoms. The Hall–Kier alpha value is -1.51. The summed E-state index contributed by atoms with van der Waals surface area (Å²) in [6, 6.07) is 5.53. The summed E-state index contributed by atoms with van der Waals surface area (Å²) >= 11 is 0. The second-order valence-electron chi connectivity index (χ2n) is 6.28. The highest BCUT2D eigenvalue weighted by atomic mass is 16.4. The van der Waals surface area contributed by atoms with Crippen LogP contribution >= 0.6 is 0 Å². The van der Waals surface area contributed by atoms with E-state index < -0.39 is 5.97 Å². The van der Waals surface area contributed by atoms with Crippen molar-refractivity contribution in [1.29, 1.82) is 0 Å². The summed E-state index contributed by atoms with van der Waals surface area (Å²) in [7, 11) is 0. The van der Waals surface area contributed by atoms with Crippen LogP contribution in [0.4, 0.5) is 5.69 Å². The first-order chi connectivity index (χ1) is 8.91. The summed E-state index contributed by atoms with van der Waals surface area (Å²) in [4.78, 5) is 13.7. The van der Waals surface area contributed by atoms with Crippen LogP contribution in [0.3, 0.4) is 0 Å². The first kappa shape index (κ1) is 13.9. The third kappa shape index (κ3) is 3.09. The zero-order chi connectivity index (χ0) is 14.0. The highest BCUT2D eigenvalue weighted by Crippen LogP contribution is 2.34. The third-order valence-electron chi connectivity index (χ3n) is 4.12. The molecule has 104 valence electrons. The molecule has 0 aliphatic carbocycles. The van der Waals surface area contributed by atoms with Gasteiger partial charge < -0.3 is 10.0 Å². The van der Waals surface area contributed by atoms with Gasteiger partial charge >= 0.3 is 5.97 Å². The molecule has 1 aromatic carbocycles. The van der Waals surface area contributed by atoms with Gasteiger partial charge in [-0.3, -0.25) is 0 Å². The molecule has 3 nitrogen and oxygen atoms in total. The van der Waals surface area contributed by atoms with Gasteiger partial charge in [0, 0.05) is 13.1 Å². The number of carbonyl (C=O) groups is 1. The Balaban J connectivity index is 2.33. The number of hydrogen-bond donors (Lipinski definition) is 1. The highest BCUT2D eigenvalue weighted by molar-refractivity contribution is 5.95. The van der Waals surface area contributed by atoms with Gasteiger partial charge in [-0.15, -0.1) is 0 Å². The smallest absolute Gasteiger partial charge is 0.337 e. The summed E-state index contributed by atoms with van der Waals surface area (Å²) in [6.45, 7) is 8.49. The van der Waals surface area contributed by atoms with E-state index in [1.807, 2.05) is 19.1 Å². The quantitative estimate of drug-likeness (QED) is 0.882. The lowest BCUT2D eigenvalue weighted by Crippen LogP contribution is -2.27. The van der Waals surface area contributed by atoms with Crippen LogP contribution in [0.25, 0.3) is 0 Å². The molecule has 1 heterocycles. The van der Waals surface area contributed by atoms with Gasteiger partial charge in [-0.2, -0.15) is 0 Å². The number of anilines is 1. The van der Waals surface area contributed by atoms with Crippen molar-refractivity contribution in [2.24, 2.45) is 5.41 Å². The van der Waals surface area contributed by atoms with E-state index in [9.17, 15) is 9.90 Å². The molecule has 0 aromatic heterocycles. The predicted octanol–water partition coefficient (Wildman–Crippen LogP) is 3.71. The van der Waals surface area contributed by atoms with Crippen molar-refractivity contribution in [2.75, 3.05) is 18.0 Å².